The van der Waals surface area contributed by atoms with Crippen molar-refractivity contribution in [1.82, 2.24) is 10.2 Å². The zero-order chi connectivity index (χ0) is 19.0. The molecule has 8 heteroatoms. The summed E-state index contributed by atoms with van der Waals surface area (Å²) < 4.78 is 0. The van der Waals surface area contributed by atoms with E-state index in [1.807, 2.05) is 4.90 Å². The molecule has 1 saturated heterocycles. The molecule has 1 heterocycles. The van der Waals surface area contributed by atoms with Gasteiger partial charge in [-0.15, -0.1) is 12.4 Å². The molecule has 7 nitrogen and oxygen atoms in total. The Kier molecular flexibility index (Phi) is 5.95. The van der Waals surface area contributed by atoms with E-state index in [2.05, 4.69) is 10.6 Å². The molecule has 3 fully saturated rings. The van der Waals surface area contributed by atoms with Crippen molar-refractivity contribution in [2.45, 2.75) is 38.1 Å². The van der Waals surface area contributed by atoms with Gasteiger partial charge >= 0.3 is 5.97 Å². The highest BCUT2D eigenvalue weighted by Gasteiger charge is 2.54. The molecular formula is C20H26ClN3O4. The first kappa shape index (κ1) is 20.6. The number of hydrogen-bond acceptors (Lipinski definition) is 4. The number of likely N-dealkylation sites (tertiary alicyclic amines) is 1. The van der Waals surface area contributed by atoms with E-state index < -0.39 is 11.4 Å². The fraction of sp³-hybridized carbons (Fsp3) is 0.550. The number of aliphatic carboxylic acids is 1. The normalized spacial score (nSPS) is 26.2. The molecule has 2 atom stereocenters. The molecule has 1 aromatic rings. The standard InChI is InChI=1S/C20H25N3O4.ClH/c24-17(11-23-10-14-4-2-8-20(14,12-23)19(26)27)21-16-5-1-3-13(9-16)18(25)22-15-6-7-15;/h1,3,5,9,14-15H,2,4,6-8,10-12H2,(H,21,24)(H,22,25)(H,26,27);1H/t14-,20+;/m0./s1. The van der Waals surface area contributed by atoms with Gasteiger partial charge in [-0.3, -0.25) is 19.3 Å². The van der Waals surface area contributed by atoms with E-state index in [1.165, 1.54) is 0 Å². The van der Waals surface area contributed by atoms with Crippen LogP contribution in [0.15, 0.2) is 24.3 Å². The number of carbonyl (C=O) groups excluding carboxylic acids is 2. The van der Waals surface area contributed by atoms with Crippen LogP contribution in [0, 0.1) is 11.3 Å². The van der Waals surface area contributed by atoms with Crippen molar-refractivity contribution in [1.29, 1.82) is 0 Å². The maximum atomic E-state index is 12.4. The van der Waals surface area contributed by atoms with Gasteiger partial charge in [0.05, 0.1) is 12.0 Å². The van der Waals surface area contributed by atoms with Crippen LogP contribution in [0.1, 0.15) is 42.5 Å². The number of hydrogen-bond donors (Lipinski definition) is 3. The lowest BCUT2D eigenvalue weighted by Crippen LogP contribution is -2.37. The molecule has 28 heavy (non-hydrogen) atoms. The van der Waals surface area contributed by atoms with Crippen LogP contribution >= 0.6 is 12.4 Å². The fourth-order valence-corrected chi connectivity index (χ4v) is 4.50. The molecule has 3 aliphatic rings. The third-order valence-electron chi connectivity index (χ3n) is 6.06. The number of nitrogens with zero attached hydrogens (tertiary/aromatic N) is 1. The van der Waals surface area contributed by atoms with E-state index >= 15 is 0 Å². The van der Waals surface area contributed by atoms with E-state index in [1.54, 1.807) is 24.3 Å². The molecule has 4 rings (SSSR count). The number of fused-ring (bicyclic) bond motifs is 1. The highest BCUT2D eigenvalue weighted by molar-refractivity contribution is 5.97. The molecule has 0 aromatic heterocycles. The number of amides is 2. The zero-order valence-electron chi connectivity index (χ0n) is 15.6. The molecule has 2 amide bonds. The number of anilines is 1. The molecule has 1 aliphatic heterocycles. The van der Waals surface area contributed by atoms with Gasteiger partial charge < -0.3 is 15.7 Å². The predicted molar refractivity (Wildman–Crippen MR) is 107 cm³/mol. The maximum Gasteiger partial charge on any atom is 0.311 e. The van der Waals surface area contributed by atoms with E-state index in [0.717, 1.165) is 25.7 Å². The van der Waals surface area contributed by atoms with Crippen LogP contribution in [0.2, 0.25) is 0 Å². The summed E-state index contributed by atoms with van der Waals surface area (Å²) in [5.74, 6) is -0.904. The first-order chi connectivity index (χ1) is 13.0. The molecular weight excluding hydrogens is 382 g/mol. The number of halogens is 1. The first-order valence-electron chi connectivity index (χ1n) is 9.63. The Bertz CT molecular complexity index is 782. The number of nitrogens with one attached hydrogen (secondary N) is 2. The average molecular weight is 408 g/mol. The van der Waals surface area contributed by atoms with Crippen molar-refractivity contribution < 1.29 is 19.5 Å². The van der Waals surface area contributed by atoms with Crippen molar-refractivity contribution >= 4 is 35.9 Å². The monoisotopic (exact) mass is 407 g/mol. The summed E-state index contributed by atoms with van der Waals surface area (Å²) in [5, 5.41) is 15.4. The molecule has 0 spiro atoms. The molecule has 1 aromatic carbocycles. The SMILES string of the molecule is Cl.O=C(CN1C[C@@H]2CCC[C@@]2(C(=O)O)C1)Nc1cccc(C(=O)NC2CC2)c1. The van der Waals surface area contributed by atoms with Crippen LogP contribution in [-0.4, -0.2) is 53.5 Å². The van der Waals surface area contributed by atoms with Crippen LogP contribution in [-0.2, 0) is 9.59 Å². The summed E-state index contributed by atoms with van der Waals surface area (Å²) >= 11 is 0. The summed E-state index contributed by atoms with van der Waals surface area (Å²) in [5.41, 5.74) is 0.428. The fourth-order valence-electron chi connectivity index (χ4n) is 4.50. The van der Waals surface area contributed by atoms with Crippen LogP contribution in [0.4, 0.5) is 5.69 Å². The van der Waals surface area contributed by atoms with E-state index in [0.29, 0.717) is 30.8 Å². The van der Waals surface area contributed by atoms with Crippen LogP contribution in [0.3, 0.4) is 0 Å². The molecule has 0 bridgehead atoms. The van der Waals surface area contributed by atoms with Crippen LogP contribution in [0.5, 0.6) is 0 Å². The Morgan fingerprint density at radius 1 is 1.21 bits per heavy atom. The summed E-state index contributed by atoms with van der Waals surface area (Å²) in [6.45, 7) is 1.26. The van der Waals surface area contributed by atoms with E-state index in [9.17, 15) is 19.5 Å². The van der Waals surface area contributed by atoms with Gasteiger partial charge in [-0.25, -0.2) is 0 Å². The Morgan fingerprint density at radius 3 is 2.68 bits per heavy atom. The minimum atomic E-state index is -0.734. The van der Waals surface area contributed by atoms with Gasteiger partial charge in [0.15, 0.2) is 0 Å². The van der Waals surface area contributed by atoms with Gasteiger partial charge in [-0.05, 0) is 49.8 Å². The Labute approximate surface area is 170 Å². The second-order valence-electron chi connectivity index (χ2n) is 8.10. The lowest BCUT2D eigenvalue weighted by molar-refractivity contribution is -0.149. The third kappa shape index (κ3) is 4.15. The van der Waals surface area contributed by atoms with Gasteiger partial charge in [-0.1, -0.05) is 12.5 Å². The topological polar surface area (TPSA) is 98.7 Å². The highest BCUT2D eigenvalue weighted by atomic mass is 35.5. The summed E-state index contributed by atoms with van der Waals surface area (Å²) in [7, 11) is 0. The lowest BCUT2D eigenvalue weighted by atomic mass is 9.81. The quantitative estimate of drug-likeness (QED) is 0.671. The zero-order valence-corrected chi connectivity index (χ0v) is 16.5. The van der Waals surface area contributed by atoms with Gasteiger partial charge in [-0.2, -0.15) is 0 Å². The molecule has 2 saturated carbocycles. The van der Waals surface area contributed by atoms with Crippen LogP contribution in [0.25, 0.3) is 0 Å². The molecule has 0 unspecified atom stereocenters. The van der Waals surface area contributed by atoms with Gasteiger partial charge in [0.1, 0.15) is 0 Å². The smallest absolute Gasteiger partial charge is 0.311 e. The van der Waals surface area contributed by atoms with Crippen molar-refractivity contribution in [3.63, 3.8) is 0 Å². The Hall–Kier alpha value is -2.12. The first-order valence-corrected chi connectivity index (χ1v) is 9.63. The van der Waals surface area contributed by atoms with Gasteiger partial charge in [0.25, 0.3) is 5.91 Å². The summed E-state index contributed by atoms with van der Waals surface area (Å²) in [4.78, 5) is 38.3. The number of carbonyl (C=O) groups is 3. The van der Waals surface area contributed by atoms with Crippen molar-refractivity contribution in [2.75, 3.05) is 25.0 Å². The lowest BCUT2D eigenvalue weighted by Gasteiger charge is -2.23. The number of benzene rings is 1. The van der Waals surface area contributed by atoms with Crippen molar-refractivity contribution in [3.05, 3.63) is 29.8 Å². The molecule has 0 radical (unpaired) electrons. The largest absolute Gasteiger partial charge is 0.481 e. The number of carboxylic acids is 1. The third-order valence-corrected chi connectivity index (χ3v) is 6.06. The maximum absolute atomic E-state index is 12.4. The minimum absolute atomic E-state index is 0. The summed E-state index contributed by atoms with van der Waals surface area (Å²) in [6, 6.07) is 7.19. The minimum Gasteiger partial charge on any atom is -0.481 e. The molecule has 3 N–H and O–H groups in total. The van der Waals surface area contributed by atoms with Crippen molar-refractivity contribution in [3.8, 4) is 0 Å². The Balaban J connectivity index is 0.00000225. The second kappa shape index (κ2) is 8.09. The summed E-state index contributed by atoms with van der Waals surface area (Å²) in [6.07, 6.45) is 4.62. The highest BCUT2D eigenvalue weighted by Crippen LogP contribution is 2.48. The van der Waals surface area contributed by atoms with Gasteiger partial charge in [0, 0.05) is 30.4 Å². The number of rotatable bonds is 6. The molecule has 152 valence electrons. The van der Waals surface area contributed by atoms with E-state index in [-0.39, 0.29) is 42.7 Å². The average Bonchev–Trinajstić information content (AvgIpc) is 3.22. The van der Waals surface area contributed by atoms with Gasteiger partial charge in [0.2, 0.25) is 5.91 Å². The van der Waals surface area contributed by atoms with Crippen molar-refractivity contribution in [2.24, 2.45) is 11.3 Å². The number of carboxylic acid groups (broad SMARTS) is 1. The Morgan fingerprint density at radius 2 is 2.00 bits per heavy atom. The van der Waals surface area contributed by atoms with E-state index in [4.69, 9.17) is 0 Å². The molecule has 2 aliphatic carbocycles. The van der Waals surface area contributed by atoms with Crippen LogP contribution < -0.4 is 10.6 Å². The predicted octanol–water partition coefficient (Wildman–Crippen LogP) is 2.13. The second-order valence-corrected chi connectivity index (χ2v) is 8.10.